The minimum atomic E-state index is -2.73. The molecule has 10 atom stereocenters. The molecule has 1 spiro atoms. The van der Waals surface area contributed by atoms with Gasteiger partial charge in [-0.25, -0.2) is 9.59 Å². The first kappa shape index (κ1) is 49.7. The first-order valence-corrected chi connectivity index (χ1v) is 22.4. The van der Waals surface area contributed by atoms with E-state index in [0.29, 0.717) is 6.42 Å². The number of carbonyl (C=O) groups excluding carboxylic acids is 1. The smallest absolute Gasteiger partial charge is 0.344 e. The maximum absolute atomic E-state index is 14.2. The van der Waals surface area contributed by atoms with E-state index >= 15 is 0 Å². The van der Waals surface area contributed by atoms with Crippen LogP contribution in [0.3, 0.4) is 0 Å². The summed E-state index contributed by atoms with van der Waals surface area (Å²) < 4.78 is 35.9. The number of ether oxygens (including phenoxy) is 6. The van der Waals surface area contributed by atoms with Gasteiger partial charge in [0.15, 0.2) is 41.3 Å². The zero-order valence-electron chi connectivity index (χ0n) is 38.6. The fourth-order valence-electron chi connectivity index (χ4n) is 9.69. The van der Waals surface area contributed by atoms with Crippen molar-refractivity contribution >= 4 is 23.6 Å². The summed E-state index contributed by atoms with van der Waals surface area (Å²) in [6.07, 6.45) is -10.6. The Morgan fingerprint density at radius 1 is 1.09 bits per heavy atom. The van der Waals surface area contributed by atoms with Crippen molar-refractivity contribution in [2.75, 3.05) is 32.8 Å². The number of hydrogen-bond acceptors (Lipinski definition) is 17. The van der Waals surface area contributed by atoms with E-state index in [0.717, 1.165) is 17.5 Å². The van der Waals surface area contributed by atoms with E-state index in [4.69, 9.17) is 34.2 Å². The molecule has 0 radical (unpaired) electrons. The molecular formula is C48H60N4O16. The van der Waals surface area contributed by atoms with E-state index in [2.05, 4.69) is 27.5 Å². The monoisotopic (exact) mass is 948 g/mol. The minimum absolute atomic E-state index is 0.0279. The van der Waals surface area contributed by atoms with Crippen LogP contribution < -0.4 is 35.3 Å². The van der Waals surface area contributed by atoms with E-state index in [1.165, 1.54) is 20.2 Å². The highest BCUT2D eigenvalue weighted by molar-refractivity contribution is 5.98. The normalized spacial score (nSPS) is 28.1. The van der Waals surface area contributed by atoms with Gasteiger partial charge in [0, 0.05) is 55.0 Å². The summed E-state index contributed by atoms with van der Waals surface area (Å²) in [7, 11) is 2.63. The number of carbonyl (C=O) groups is 2. The van der Waals surface area contributed by atoms with Crippen molar-refractivity contribution in [3.05, 3.63) is 63.7 Å². The third-order valence-electron chi connectivity index (χ3n) is 13.5. The van der Waals surface area contributed by atoms with Crippen molar-refractivity contribution in [1.29, 1.82) is 0 Å². The summed E-state index contributed by atoms with van der Waals surface area (Å²) in [6.45, 7) is 7.00. The number of aromatic hydroxyl groups is 2. The first-order chi connectivity index (χ1) is 32.3. The van der Waals surface area contributed by atoms with Crippen LogP contribution in [0.1, 0.15) is 83.5 Å². The molecule has 1 saturated heterocycles. The molecular weight excluding hydrogens is 889 g/mol. The third kappa shape index (κ3) is 8.97. The van der Waals surface area contributed by atoms with E-state index in [1.807, 2.05) is 45.0 Å². The van der Waals surface area contributed by atoms with Crippen molar-refractivity contribution in [1.82, 2.24) is 5.32 Å². The molecule has 4 aliphatic heterocycles. The van der Waals surface area contributed by atoms with Gasteiger partial charge in [0.1, 0.15) is 23.4 Å². The number of phenolic OH excluding ortho intramolecular Hbond substituents is 2. The Kier molecular flexibility index (Phi) is 14.5. The fourth-order valence-corrected chi connectivity index (χ4v) is 9.69. The van der Waals surface area contributed by atoms with Crippen LogP contribution in [0.5, 0.6) is 34.5 Å². The maximum atomic E-state index is 14.2. The number of aliphatic hydroxyl groups is 5. The van der Waals surface area contributed by atoms with Crippen LogP contribution in [0.25, 0.3) is 0 Å². The Balaban J connectivity index is 1.34. The Labute approximate surface area is 392 Å². The second kappa shape index (κ2) is 19.8. The molecule has 0 aliphatic carbocycles. The Morgan fingerprint density at radius 2 is 1.82 bits per heavy atom. The number of aliphatic hydroxyl groups excluding tert-OH is 4. The second-order valence-electron chi connectivity index (χ2n) is 17.9. The molecule has 68 heavy (non-hydrogen) atoms. The first-order valence-electron chi connectivity index (χ1n) is 22.4. The standard InChI is InChI=1S/C48H60N4O16/c1-7-24-10-8-11-25(18-24)14-17-64-39-35(54)32-27(38(63-6)36(39)55)13-16-48(45(61)67-42(32)59)44(60)47(62)15-9-12-26-19-28-33(52-23(4)31(26)34(53)22(2)3)29(41(57)58)20-30(65-21-51-46(49)50-5)37(28)66-43(68-48)40(47)56/h8,10-11,18,20,22-23,26,31,34,40,43-45,52-56,60-62H,7,13-17,19,21H2,1-6H3,(H,57,58)(H3,49,50,51)/t23-,26-,31-,34-,40+,43-,44+,45-,47-,48+/m1/s1. The summed E-state index contributed by atoms with van der Waals surface area (Å²) in [5.74, 6) is -1.17. The number of hydrogen-bond donors (Lipinski definition) is 11. The molecule has 4 aliphatic rings. The molecule has 12 N–H and O–H groups in total. The van der Waals surface area contributed by atoms with Crippen LogP contribution in [0.2, 0.25) is 0 Å². The number of nitrogens with zero attached hydrogens (tertiary/aromatic N) is 1. The predicted octanol–water partition coefficient (Wildman–Crippen LogP) is 1.92. The number of carboxylic acids is 1. The van der Waals surface area contributed by atoms with Gasteiger partial charge in [0.2, 0.25) is 24.1 Å². The van der Waals surface area contributed by atoms with Gasteiger partial charge >= 0.3 is 11.9 Å². The van der Waals surface area contributed by atoms with Gasteiger partial charge in [-0.2, -0.15) is 0 Å². The van der Waals surface area contributed by atoms with Crippen molar-refractivity contribution in [2.24, 2.45) is 28.5 Å². The minimum Gasteiger partial charge on any atom is -0.504 e. The summed E-state index contributed by atoms with van der Waals surface area (Å²) in [5.41, 5.74) is 1.89. The van der Waals surface area contributed by atoms with Crippen LogP contribution in [-0.2, 0) is 35.2 Å². The number of methoxy groups -OCH3 is 1. The number of aliphatic imine (C=N–C) groups is 1. The molecule has 4 heterocycles. The molecule has 0 aromatic heterocycles. The average Bonchev–Trinajstić information content (AvgIpc) is 3.45. The topological polar surface area (TPSA) is 314 Å². The molecule has 0 amide bonds. The number of phenols is 2. The Hall–Kier alpha value is -6.21. The van der Waals surface area contributed by atoms with Crippen LogP contribution >= 0.6 is 0 Å². The number of fused-ring (bicyclic) bond motifs is 4. The van der Waals surface area contributed by atoms with Crippen LogP contribution in [0, 0.1) is 29.6 Å². The number of anilines is 1. The van der Waals surface area contributed by atoms with Gasteiger partial charge in [0.05, 0.1) is 31.1 Å². The molecule has 0 saturated carbocycles. The summed E-state index contributed by atoms with van der Waals surface area (Å²) in [5, 5.41) is 100. The molecule has 368 valence electrons. The summed E-state index contributed by atoms with van der Waals surface area (Å²) >= 11 is 0. The van der Waals surface area contributed by atoms with Crippen LogP contribution in [0.4, 0.5) is 5.69 Å². The predicted molar refractivity (Wildman–Crippen MR) is 243 cm³/mol. The molecule has 20 nitrogen and oxygen atoms in total. The van der Waals surface area contributed by atoms with Gasteiger partial charge in [-0.15, -0.1) is 0 Å². The molecule has 3 aromatic carbocycles. The number of nitrogens with two attached hydrogens (primary N) is 1. The van der Waals surface area contributed by atoms with Gasteiger partial charge < -0.3 is 85.6 Å². The number of guanidine groups is 1. The molecule has 20 heteroatoms. The van der Waals surface area contributed by atoms with Crippen molar-refractivity contribution < 1.29 is 78.9 Å². The third-order valence-corrected chi connectivity index (χ3v) is 13.5. The van der Waals surface area contributed by atoms with Crippen LogP contribution in [0.15, 0.2) is 35.3 Å². The van der Waals surface area contributed by atoms with Crippen molar-refractivity contribution in [3.8, 4) is 46.3 Å². The fraction of sp³-hybridized carbons (Fsp3) is 0.521. The lowest BCUT2D eigenvalue weighted by molar-refractivity contribution is -0.381. The molecule has 4 bridgehead atoms. The van der Waals surface area contributed by atoms with Crippen molar-refractivity contribution in [2.45, 2.75) is 114 Å². The van der Waals surface area contributed by atoms with Gasteiger partial charge in [-0.1, -0.05) is 56.9 Å². The number of carboxylic acid groups (broad SMARTS) is 1. The Morgan fingerprint density at radius 3 is 2.50 bits per heavy atom. The largest absolute Gasteiger partial charge is 0.504 e. The number of rotatable bonds is 12. The summed E-state index contributed by atoms with van der Waals surface area (Å²) in [4.78, 5) is 31.0. The zero-order chi connectivity index (χ0) is 49.4. The lowest BCUT2D eigenvalue weighted by atomic mass is 9.71. The highest BCUT2D eigenvalue weighted by Crippen LogP contribution is 2.53. The second-order valence-corrected chi connectivity index (χ2v) is 17.9. The lowest BCUT2D eigenvalue weighted by Gasteiger charge is -2.54. The van der Waals surface area contributed by atoms with E-state index in [1.54, 1.807) is 6.92 Å². The average molecular weight is 949 g/mol. The van der Waals surface area contributed by atoms with Crippen molar-refractivity contribution in [3.63, 3.8) is 0 Å². The van der Waals surface area contributed by atoms with Gasteiger partial charge in [-0.05, 0) is 49.7 Å². The molecule has 7 rings (SSSR count). The number of cyclic esters (lactones) is 1. The summed E-state index contributed by atoms with van der Waals surface area (Å²) in [6, 6.07) is 8.34. The van der Waals surface area contributed by atoms with Crippen LogP contribution in [-0.4, -0.2) is 134 Å². The number of aryl methyl sites for hydroxylation is 1. The van der Waals surface area contributed by atoms with Gasteiger partial charge in [0.25, 0.3) is 0 Å². The van der Waals surface area contributed by atoms with E-state index in [-0.39, 0.29) is 71.3 Å². The highest BCUT2D eigenvalue weighted by atomic mass is 16.7. The zero-order valence-corrected chi connectivity index (χ0v) is 38.6. The quantitative estimate of drug-likeness (QED) is 0.0406. The van der Waals surface area contributed by atoms with E-state index < -0.39 is 114 Å². The number of benzene rings is 3. The number of nitrogens with one attached hydrogen (secondary N) is 2. The molecule has 0 unspecified atom stereocenters. The maximum Gasteiger partial charge on any atom is 0.344 e. The number of esters is 1. The van der Waals surface area contributed by atoms with E-state index in [9.17, 15) is 50.4 Å². The molecule has 1 fully saturated rings. The highest BCUT2D eigenvalue weighted by Gasteiger charge is 2.66. The Bertz CT molecular complexity index is 2510. The SMILES string of the molecule is CCc1cccc(CCOc2c(O)c(OC)c3c(c2O)C(=O)O[C@@H](O)[C@@]2(CC3)O[C@H]3Oc4c(OCNC(N)=NC)cc(C(=O)O)c5c4C[C@@H](C#CC[C@@](O)([C@H]3O)[C@@H]2O)[C@H]([C@H](O)C(C)C)[C@@H](C)N5)c1. The number of aromatic carboxylic acids is 1. The lowest BCUT2D eigenvalue weighted by Crippen LogP contribution is -2.75. The van der Waals surface area contributed by atoms with Gasteiger partial charge in [-0.3, -0.25) is 4.99 Å². The molecule has 3 aromatic rings.